The van der Waals surface area contributed by atoms with Crippen molar-refractivity contribution in [3.63, 3.8) is 0 Å². The van der Waals surface area contributed by atoms with E-state index in [-0.39, 0.29) is 0 Å². The van der Waals surface area contributed by atoms with Gasteiger partial charge in [0, 0.05) is 11.9 Å². The zero-order valence-electron chi connectivity index (χ0n) is 10.1. The van der Waals surface area contributed by atoms with E-state index in [1.807, 2.05) is 6.20 Å². The molecule has 0 unspecified atom stereocenters. The van der Waals surface area contributed by atoms with E-state index in [4.69, 9.17) is 4.98 Å². The lowest BCUT2D eigenvalue weighted by molar-refractivity contribution is 0.810. The fourth-order valence-corrected chi connectivity index (χ4v) is 2.41. The van der Waals surface area contributed by atoms with Crippen LogP contribution in [0.15, 0.2) is 12.3 Å². The standard InChI is InChI=1S/C13H17IN2/c1-7(2)9-5-11(8(3)4)16-13-10(14)6-15-12(9)13/h5-8,15H,1-4H3. The van der Waals surface area contributed by atoms with Crippen molar-refractivity contribution in [1.82, 2.24) is 9.97 Å². The Balaban J connectivity index is 2.75. The van der Waals surface area contributed by atoms with Crippen molar-refractivity contribution in [3.05, 3.63) is 27.1 Å². The molecule has 0 amide bonds. The second kappa shape index (κ2) is 4.35. The van der Waals surface area contributed by atoms with Crippen LogP contribution in [0, 0.1) is 3.57 Å². The van der Waals surface area contributed by atoms with Gasteiger partial charge in [0.2, 0.25) is 0 Å². The van der Waals surface area contributed by atoms with Crippen molar-refractivity contribution in [1.29, 1.82) is 0 Å². The summed E-state index contributed by atoms with van der Waals surface area (Å²) in [6.07, 6.45) is 2.04. The average molecular weight is 328 g/mol. The number of aromatic amines is 1. The number of nitrogens with one attached hydrogen (secondary N) is 1. The van der Waals surface area contributed by atoms with Crippen molar-refractivity contribution >= 4 is 33.6 Å². The van der Waals surface area contributed by atoms with Crippen molar-refractivity contribution in [3.8, 4) is 0 Å². The molecule has 0 saturated carbocycles. The van der Waals surface area contributed by atoms with E-state index >= 15 is 0 Å². The maximum Gasteiger partial charge on any atom is 0.102 e. The quantitative estimate of drug-likeness (QED) is 0.813. The molecule has 0 aliphatic heterocycles. The number of rotatable bonds is 2. The normalized spacial score (nSPS) is 11.9. The van der Waals surface area contributed by atoms with Crippen LogP contribution in [0.3, 0.4) is 0 Å². The van der Waals surface area contributed by atoms with Crippen LogP contribution >= 0.6 is 22.6 Å². The summed E-state index contributed by atoms with van der Waals surface area (Å²) in [5.41, 5.74) is 4.88. The molecule has 1 N–H and O–H groups in total. The molecule has 86 valence electrons. The molecule has 0 radical (unpaired) electrons. The average Bonchev–Trinajstić information content (AvgIpc) is 2.59. The molecule has 2 rings (SSSR count). The Bertz CT molecular complexity index is 512. The van der Waals surface area contributed by atoms with Gasteiger partial charge < -0.3 is 4.98 Å². The maximum absolute atomic E-state index is 4.74. The zero-order valence-corrected chi connectivity index (χ0v) is 12.3. The molecule has 0 saturated heterocycles. The highest BCUT2D eigenvalue weighted by atomic mass is 127. The molecular weight excluding hydrogens is 311 g/mol. The van der Waals surface area contributed by atoms with Gasteiger partial charge in [0.25, 0.3) is 0 Å². The summed E-state index contributed by atoms with van der Waals surface area (Å²) in [4.78, 5) is 8.07. The van der Waals surface area contributed by atoms with Crippen molar-refractivity contribution in [2.45, 2.75) is 39.5 Å². The number of halogens is 1. The van der Waals surface area contributed by atoms with Gasteiger partial charge in [0.1, 0.15) is 5.52 Å². The van der Waals surface area contributed by atoms with E-state index in [0.717, 1.165) is 5.52 Å². The first kappa shape index (κ1) is 11.9. The predicted octanol–water partition coefficient (Wildman–Crippen LogP) is 4.41. The van der Waals surface area contributed by atoms with Gasteiger partial charge >= 0.3 is 0 Å². The third-order valence-electron chi connectivity index (χ3n) is 2.85. The summed E-state index contributed by atoms with van der Waals surface area (Å²) < 4.78 is 1.21. The Kier molecular flexibility index (Phi) is 3.24. The van der Waals surface area contributed by atoms with Gasteiger partial charge in [-0.25, -0.2) is 4.98 Å². The lowest BCUT2D eigenvalue weighted by atomic mass is 9.99. The molecule has 3 heteroatoms. The molecule has 0 aliphatic rings. The van der Waals surface area contributed by atoms with Crippen LogP contribution in [0.25, 0.3) is 11.0 Å². The second-order valence-electron chi connectivity index (χ2n) is 4.81. The van der Waals surface area contributed by atoms with Crippen LogP contribution in [0.1, 0.15) is 50.8 Å². The number of nitrogens with zero attached hydrogens (tertiary/aromatic N) is 1. The summed E-state index contributed by atoms with van der Waals surface area (Å²) in [5.74, 6) is 1.00. The first-order valence-corrected chi connectivity index (χ1v) is 6.76. The number of aromatic nitrogens is 2. The van der Waals surface area contributed by atoms with Crippen LogP contribution < -0.4 is 0 Å². The van der Waals surface area contributed by atoms with Crippen LogP contribution in [0.5, 0.6) is 0 Å². The smallest absolute Gasteiger partial charge is 0.102 e. The van der Waals surface area contributed by atoms with E-state index < -0.39 is 0 Å². The molecule has 0 aliphatic carbocycles. The van der Waals surface area contributed by atoms with Gasteiger partial charge in [-0.15, -0.1) is 0 Å². The minimum absolute atomic E-state index is 0.479. The summed E-state index contributed by atoms with van der Waals surface area (Å²) in [6, 6.07) is 2.24. The van der Waals surface area contributed by atoms with Crippen molar-refractivity contribution in [2.24, 2.45) is 0 Å². The van der Waals surface area contributed by atoms with E-state index in [0.29, 0.717) is 11.8 Å². The number of hydrogen-bond donors (Lipinski definition) is 1. The van der Waals surface area contributed by atoms with E-state index in [9.17, 15) is 0 Å². The topological polar surface area (TPSA) is 28.7 Å². The molecule has 16 heavy (non-hydrogen) atoms. The van der Waals surface area contributed by atoms with Gasteiger partial charge in [-0.3, -0.25) is 0 Å². The maximum atomic E-state index is 4.74. The summed E-state index contributed by atoms with van der Waals surface area (Å²) in [5, 5.41) is 0. The molecule has 2 aromatic heterocycles. The molecule has 0 spiro atoms. The molecular formula is C13H17IN2. The summed E-state index contributed by atoms with van der Waals surface area (Å²) in [6.45, 7) is 8.84. The Morgan fingerprint density at radius 3 is 2.44 bits per heavy atom. The van der Waals surface area contributed by atoms with Gasteiger partial charge in [-0.2, -0.15) is 0 Å². The highest BCUT2D eigenvalue weighted by Gasteiger charge is 2.13. The SMILES string of the molecule is CC(C)c1cc(C(C)C)c2[nH]cc(I)c2n1. The van der Waals surface area contributed by atoms with Gasteiger partial charge in [0.05, 0.1) is 9.09 Å². The third kappa shape index (κ3) is 1.97. The highest BCUT2D eigenvalue weighted by molar-refractivity contribution is 14.1. The summed E-state index contributed by atoms with van der Waals surface area (Å²) in [7, 11) is 0. The second-order valence-corrected chi connectivity index (χ2v) is 5.97. The van der Waals surface area contributed by atoms with Crippen molar-refractivity contribution < 1.29 is 0 Å². The third-order valence-corrected chi connectivity index (χ3v) is 3.68. The molecule has 0 aromatic carbocycles. The fraction of sp³-hybridized carbons (Fsp3) is 0.462. The minimum atomic E-state index is 0.479. The van der Waals surface area contributed by atoms with E-state index in [1.54, 1.807) is 0 Å². The molecule has 2 aromatic rings. The predicted molar refractivity (Wildman–Crippen MR) is 77.0 cm³/mol. The van der Waals surface area contributed by atoms with Crippen LogP contribution in [0.4, 0.5) is 0 Å². The minimum Gasteiger partial charge on any atom is -0.359 e. The van der Waals surface area contributed by atoms with Crippen LogP contribution in [-0.4, -0.2) is 9.97 Å². The molecule has 0 bridgehead atoms. The van der Waals surface area contributed by atoms with E-state index in [1.165, 1.54) is 20.3 Å². The Labute approximate surface area is 110 Å². The lowest BCUT2D eigenvalue weighted by Crippen LogP contribution is -1.98. The highest BCUT2D eigenvalue weighted by Crippen LogP contribution is 2.29. The number of hydrogen-bond acceptors (Lipinski definition) is 1. The van der Waals surface area contributed by atoms with Crippen LogP contribution in [-0.2, 0) is 0 Å². The van der Waals surface area contributed by atoms with Gasteiger partial charge in [-0.05, 0) is 46.1 Å². The Morgan fingerprint density at radius 2 is 1.88 bits per heavy atom. The summed E-state index contributed by atoms with van der Waals surface area (Å²) >= 11 is 2.34. The van der Waals surface area contributed by atoms with Gasteiger partial charge in [-0.1, -0.05) is 27.7 Å². The van der Waals surface area contributed by atoms with Crippen molar-refractivity contribution in [2.75, 3.05) is 0 Å². The molecule has 2 heterocycles. The first-order valence-electron chi connectivity index (χ1n) is 5.68. The fourth-order valence-electron chi connectivity index (χ4n) is 1.86. The largest absolute Gasteiger partial charge is 0.359 e. The number of fused-ring (bicyclic) bond motifs is 1. The van der Waals surface area contributed by atoms with Gasteiger partial charge in [0.15, 0.2) is 0 Å². The molecule has 2 nitrogen and oxygen atoms in total. The monoisotopic (exact) mass is 328 g/mol. The molecule has 0 atom stereocenters. The number of H-pyrrole nitrogens is 1. The molecule has 0 fully saturated rings. The van der Waals surface area contributed by atoms with Crippen LogP contribution in [0.2, 0.25) is 0 Å². The first-order chi connectivity index (χ1) is 7.50. The lowest BCUT2D eigenvalue weighted by Gasteiger charge is -2.12. The zero-order chi connectivity index (χ0) is 11.9. The number of pyridine rings is 1. The van der Waals surface area contributed by atoms with E-state index in [2.05, 4.69) is 61.3 Å². The Morgan fingerprint density at radius 1 is 1.19 bits per heavy atom. The Hall–Kier alpha value is -0.580.